The number of thiophene rings is 1. The summed E-state index contributed by atoms with van der Waals surface area (Å²) in [6.45, 7) is 12.1. The molecule has 156 valence electrons. The van der Waals surface area contributed by atoms with E-state index >= 15 is 0 Å². The number of aliphatic imine (C=N–C) groups is 1. The molecule has 0 fully saturated rings. The second kappa shape index (κ2) is 10.1. The number of guanidine groups is 1. The van der Waals surface area contributed by atoms with Gasteiger partial charge in [-0.05, 0) is 30.4 Å². The van der Waals surface area contributed by atoms with Crippen LogP contribution >= 0.6 is 35.3 Å². The van der Waals surface area contributed by atoms with Gasteiger partial charge in [-0.15, -0.1) is 35.3 Å². The van der Waals surface area contributed by atoms with Gasteiger partial charge in [-0.3, -0.25) is 9.89 Å². The van der Waals surface area contributed by atoms with Crippen LogP contribution in [0.5, 0.6) is 0 Å². The molecule has 1 unspecified atom stereocenters. The Morgan fingerprint density at radius 1 is 1.39 bits per heavy atom. The SMILES string of the molecule is CN=C(NCc1ncc(C(C)(C)C)o1)NCC(C)N1CCc2sccc2C1.I. The van der Waals surface area contributed by atoms with Crippen LogP contribution in [0.4, 0.5) is 0 Å². The maximum Gasteiger partial charge on any atom is 0.213 e. The van der Waals surface area contributed by atoms with E-state index in [1.54, 1.807) is 11.9 Å². The number of aromatic nitrogens is 1. The minimum atomic E-state index is -0.0304. The zero-order valence-corrected chi connectivity index (χ0v) is 20.6. The van der Waals surface area contributed by atoms with Gasteiger partial charge in [-0.25, -0.2) is 4.98 Å². The molecule has 2 aromatic rings. The van der Waals surface area contributed by atoms with Crippen molar-refractivity contribution in [3.63, 3.8) is 0 Å². The van der Waals surface area contributed by atoms with Crippen LogP contribution in [-0.4, -0.2) is 42.0 Å². The van der Waals surface area contributed by atoms with E-state index in [0.717, 1.165) is 37.8 Å². The maximum atomic E-state index is 5.83. The third-order valence-corrected chi connectivity index (χ3v) is 5.97. The number of hydrogen-bond acceptors (Lipinski definition) is 5. The van der Waals surface area contributed by atoms with E-state index in [1.807, 2.05) is 17.5 Å². The number of hydrogen-bond donors (Lipinski definition) is 2. The first-order valence-corrected chi connectivity index (χ1v) is 10.4. The van der Waals surface area contributed by atoms with Gasteiger partial charge in [-0.1, -0.05) is 20.8 Å². The van der Waals surface area contributed by atoms with E-state index in [9.17, 15) is 0 Å². The van der Waals surface area contributed by atoms with Crippen molar-refractivity contribution in [2.75, 3.05) is 20.1 Å². The molecule has 3 heterocycles. The molecule has 2 N–H and O–H groups in total. The molecule has 0 amide bonds. The highest BCUT2D eigenvalue weighted by Crippen LogP contribution is 2.25. The highest BCUT2D eigenvalue weighted by molar-refractivity contribution is 14.0. The van der Waals surface area contributed by atoms with Crippen molar-refractivity contribution < 1.29 is 4.42 Å². The first-order chi connectivity index (χ1) is 12.9. The van der Waals surface area contributed by atoms with Crippen LogP contribution in [0.1, 0.15) is 49.8 Å². The summed E-state index contributed by atoms with van der Waals surface area (Å²) in [4.78, 5) is 12.7. The number of halogens is 1. The second-order valence-corrected chi connectivity index (χ2v) is 9.11. The van der Waals surface area contributed by atoms with E-state index in [2.05, 4.69) is 64.7 Å². The standard InChI is InChI=1S/C20H31N5OS.HI/c1-14(25-8-6-16-15(13-25)7-9-27-16)10-23-19(21-5)24-12-18-22-11-17(26-18)20(2,3)4;/h7,9,11,14H,6,8,10,12-13H2,1-5H3,(H2,21,23,24);1H. The zero-order chi connectivity index (χ0) is 19.4. The van der Waals surface area contributed by atoms with E-state index in [4.69, 9.17) is 4.42 Å². The number of rotatable bonds is 5. The fourth-order valence-corrected chi connectivity index (χ4v) is 4.03. The second-order valence-electron chi connectivity index (χ2n) is 8.11. The molecule has 0 saturated carbocycles. The van der Waals surface area contributed by atoms with Gasteiger partial charge in [0.1, 0.15) is 5.76 Å². The Morgan fingerprint density at radius 2 is 2.18 bits per heavy atom. The molecule has 0 aliphatic carbocycles. The van der Waals surface area contributed by atoms with Crippen LogP contribution in [-0.2, 0) is 24.9 Å². The molecule has 0 radical (unpaired) electrons. The van der Waals surface area contributed by atoms with Crippen molar-refractivity contribution in [1.82, 2.24) is 20.5 Å². The van der Waals surface area contributed by atoms with Crippen LogP contribution in [0.2, 0.25) is 0 Å². The van der Waals surface area contributed by atoms with Gasteiger partial charge in [0.05, 0.1) is 12.7 Å². The first kappa shape index (κ1) is 23.2. The quantitative estimate of drug-likeness (QED) is 0.359. The van der Waals surface area contributed by atoms with Crippen molar-refractivity contribution in [2.45, 2.75) is 58.7 Å². The summed E-state index contributed by atoms with van der Waals surface area (Å²) in [5.41, 5.74) is 1.45. The Hall–Kier alpha value is -1.13. The lowest BCUT2D eigenvalue weighted by Gasteiger charge is -2.32. The van der Waals surface area contributed by atoms with Crippen molar-refractivity contribution in [3.8, 4) is 0 Å². The molecular formula is C20H32IN5OS. The number of nitrogens with one attached hydrogen (secondary N) is 2. The lowest BCUT2D eigenvalue weighted by molar-refractivity contribution is 0.192. The van der Waals surface area contributed by atoms with E-state index in [1.165, 1.54) is 5.56 Å². The van der Waals surface area contributed by atoms with Gasteiger partial charge >= 0.3 is 0 Å². The molecular weight excluding hydrogens is 485 g/mol. The molecule has 6 nitrogen and oxygen atoms in total. The van der Waals surface area contributed by atoms with Crippen molar-refractivity contribution in [2.24, 2.45) is 4.99 Å². The molecule has 0 saturated heterocycles. The molecule has 0 bridgehead atoms. The van der Waals surface area contributed by atoms with E-state index in [0.29, 0.717) is 18.5 Å². The predicted molar refractivity (Wildman–Crippen MR) is 127 cm³/mol. The van der Waals surface area contributed by atoms with Crippen LogP contribution in [0, 0.1) is 0 Å². The Labute approximate surface area is 189 Å². The minimum Gasteiger partial charge on any atom is -0.443 e. The summed E-state index contributed by atoms with van der Waals surface area (Å²) in [6.07, 6.45) is 2.97. The van der Waals surface area contributed by atoms with Crippen molar-refractivity contribution in [3.05, 3.63) is 39.7 Å². The molecule has 1 atom stereocenters. The maximum absolute atomic E-state index is 5.83. The molecule has 2 aromatic heterocycles. The number of oxazole rings is 1. The molecule has 1 aliphatic heterocycles. The topological polar surface area (TPSA) is 65.7 Å². The van der Waals surface area contributed by atoms with Gasteiger partial charge in [-0.2, -0.15) is 0 Å². The van der Waals surface area contributed by atoms with Crippen molar-refractivity contribution >= 4 is 41.3 Å². The van der Waals surface area contributed by atoms with Crippen LogP contribution < -0.4 is 10.6 Å². The number of fused-ring (bicyclic) bond motifs is 1. The van der Waals surface area contributed by atoms with Crippen LogP contribution in [0.3, 0.4) is 0 Å². The smallest absolute Gasteiger partial charge is 0.213 e. The Balaban J connectivity index is 0.00000280. The first-order valence-electron chi connectivity index (χ1n) is 9.56. The Bertz CT molecular complexity index is 780. The summed E-state index contributed by atoms with van der Waals surface area (Å²) < 4.78 is 5.83. The monoisotopic (exact) mass is 517 g/mol. The molecule has 8 heteroatoms. The van der Waals surface area contributed by atoms with Gasteiger partial charge in [0.2, 0.25) is 5.89 Å². The summed E-state index contributed by atoms with van der Waals surface area (Å²) in [7, 11) is 1.79. The summed E-state index contributed by atoms with van der Waals surface area (Å²) >= 11 is 1.88. The minimum absolute atomic E-state index is 0. The highest BCUT2D eigenvalue weighted by Gasteiger charge is 2.22. The normalized spacial score (nSPS) is 16.2. The fraction of sp³-hybridized carbons (Fsp3) is 0.600. The average molecular weight is 517 g/mol. The van der Waals surface area contributed by atoms with Gasteiger partial charge in [0.15, 0.2) is 5.96 Å². The third-order valence-electron chi connectivity index (χ3n) is 4.95. The Morgan fingerprint density at radius 3 is 2.86 bits per heavy atom. The highest BCUT2D eigenvalue weighted by atomic mass is 127. The van der Waals surface area contributed by atoms with Gasteiger partial charge in [0.25, 0.3) is 0 Å². The molecule has 0 spiro atoms. The largest absolute Gasteiger partial charge is 0.443 e. The molecule has 3 rings (SSSR count). The van der Waals surface area contributed by atoms with Gasteiger partial charge < -0.3 is 15.1 Å². The van der Waals surface area contributed by atoms with E-state index < -0.39 is 0 Å². The fourth-order valence-electron chi connectivity index (χ4n) is 3.14. The lowest BCUT2D eigenvalue weighted by Crippen LogP contribution is -2.47. The average Bonchev–Trinajstić information content (AvgIpc) is 3.29. The lowest BCUT2D eigenvalue weighted by atomic mass is 9.94. The number of nitrogens with zero attached hydrogens (tertiary/aromatic N) is 3. The third kappa shape index (κ3) is 5.93. The molecule has 0 aromatic carbocycles. The van der Waals surface area contributed by atoms with Crippen molar-refractivity contribution in [1.29, 1.82) is 0 Å². The molecule has 28 heavy (non-hydrogen) atoms. The van der Waals surface area contributed by atoms with Crippen LogP contribution in [0.25, 0.3) is 0 Å². The summed E-state index contributed by atoms with van der Waals surface area (Å²) in [5.74, 6) is 2.34. The zero-order valence-electron chi connectivity index (χ0n) is 17.4. The summed E-state index contributed by atoms with van der Waals surface area (Å²) in [6, 6.07) is 2.69. The Kier molecular flexibility index (Phi) is 8.32. The predicted octanol–water partition coefficient (Wildman–Crippen LogP) is 3.76. The van der Waals surface area contributed by atoms with E-state index in [-0.39, 0.29) is 29.4 Å². The van der Waals surface area contributed by atoms with Crippen LogP contribution in [0.15, 0.2) is 27.1 Å². The molecule has 1 aliphatic rings. The summed E-state index contributed by atoms with van der Waals surface area (Å²) in [5, 5.41) is 8.91. The van der Waals surface area contributed by atoms with Gasteiger partial charge in [0, 0.05) is 43.0 Å².